The fourth-order valence-electron chi connectivity index (χ4n) is 2.10. The molecule has 1 saturated heterocycles. The molecule has 0 saturated carbocycles. The van der Waals surface area contributed by atoms with Crippen molar-refractivity contribution in [3.63, 3.8) is 0 Å². The van der Waals surface area contributed by atoms with E-state index in [1.165, 1.54) is 19.5 Å². The highest BCUT2D eigenvalue weighted by atomic mass is 79.9. The van der Waals surface area contributed by atoms with E-state index in [1.54, 1.807) is 0 Å². The Morgan fingerprint density at radius 3 is 2.73 bits per heavy atom. The molecule has 0 aromatic carbocycles. The van der Waals surface area contributed by atoms with Gasteiger partial charge in [-0.2, -0.15) is 0 Å². The van der Waals surface area contributed by atoms with Crippen LogP contribution in [0.5, 0.6) is 0 Å². The number of halogens is 1. The van der Waals surface area contributed by atoms with Crippen LogP contribution in [-0.4, -0.2) is 23.0 Å². The third-order valence-corrected chi connectivity index (χ3v) is 3.71. The van der Waals surface area contributed by atoms with Crippen LogP contribution >= 0.6 is 15.9 Å². The maximum atomic E-state index is 4.39. The predicted octanol–water partition coefficient (Wildman–Crippen LogP) is 3.08. The van der Waals surface area contributed by atoms with Gasteiger partial charge in [0, 0.05) is 30.3 Å². The summed E-state index contributed by atoms with van der Waals surface area (Å²) in [6.07, 6.45) is 3.14. The van der Waals surface area contributed by atoms with Gasteiger partial charge >= 0.3 is 0 Å². The smallest absolute Gasteiger partial charge is 0.0544 e. The van der Waals surface area contributed by atoms with E-state index in [2.05, 4.69) is 51.8 Å². The van der Waals surface area contributed by atoms with Gasteiger partial charge in [-0.25, -0.2) is 0 Å². The van der Waals surface area contributed by atoms with Crippen LogP contribution in [0.2, 0.25) is 0 Å². The first-order valence-corrected chi connectivity index (χ1v) is 6.23. The number of hydrogen-bond acceptors (Lipinski definition) is 2. The molecule has 2 heterocycles. The molecule has 1 fully saturated rings. The molecular weight excluding hydrogens is 252 g/mol. The molecule has 1 aromatic heterocycles. The Kier molecular flexibility index (Phi) is 3.12. The number of aromatic nitrogens is 1. The van der Waals surface area contributed by atoms with Gasteiger partial charge in [-0.1, -0.05) is 13.8 Å². The monoisotopic (exact) mass is 268 g/mol. The van der Waals surface area contributed by atoms with Crippen molar-refractivity contribution in [1.29, 1.82) is 0 Å². The maximum absolute atomic E-state index is 4.39. The molecule has 3 heteroatoms. The van der Waals surface area contributed by atoms with Gasteiger partial charge < -0.3 is 0 Å². The molecule has 2 rings (SSSR count). The van der Waals surface area contributed by atoms with E-state index in [0.717, 1.165) is 16.7 Å². The average Bonchev–Trinajstić information content (AvgIpc) is 2.19. The Balaban J connectivity index is 1.87. The zero-order chi connectivity index (χ0) is 10.9. The summed E-state index contributed by atoms with van der Waals surface area (Å²) in [5.74, 6) is 0. The van der Waals surface area contributed by atoms with E-state index in [-0.39, 0.29) is 0 Å². The van der Waals surface area contributed by atoms with Crippen molar-refractivity contribution in [2.45, 2.75) is 26.8 Å². The first-order chi connectivity index (χ1) is 7.11. The van der Waals surface area contributed by atoms with Gasteiger partial charge in [0.25, 0.3) is 0 Å². The van der Waals surface area contributed by atoms with Crippen LogP contribution in [0.1, 0.15) is 26.0 Å². The van der Waals surface area contributed by atoms with Crippen LogP contribution in [0.25, 0.3) is 0 Å². The van der Waals surface area contributed by atoms with E-state index >= 15 is 0 Å². The predicted molar refractivity (Wildman–Crippen MR) is 65.6 cm³/mol. The standard InChI is InChI=1S/C12H17BrN2/c1-3-12(2)8-15(9-12)7-11-5-4-10(13)6-14-11/h4-6H,3,7-9H2,1-2H3. The molecule has 0 unspecified atom stereocenters. The normalized spacial score (nSPS) is 19.9. The quantitative estimate of drug-likeness (QED) is 0.838. The van der Waals surface area contributed by atoms with Crippen LogP contribution < -0.4 is 0 Å². The van der Waals surface area contributed by atoms with Gasteiger partial charge in [0.15, 0.2) is 0 Å². The molecule has 0 bridgehead atoms. The summed E-state index contributed by atoms with van der Waals surface area (Å²) in [6.45, 7) is 8.04. The van der Waals surface area contributed by atoms with Gasteiger partial charge in [-0.05, 0) is 39.9 Å². The molecular formula is C12H17BrN2. The van der Waals surface area contributed by atoms with Crippen LogP contribution in [0.4, 0.5) is 0 Å². The van der Waals surface area contributed by atoms with E-state index < -0.39 is 0 Å². The minimum Gasteiger partial charge on any atom is -0.296 e. The summed E-state index contributed by atoms with van der Waals surface area (Å²) in [4.78, 5) is 6.84. The van der Waals surface area contributed by atoms with Crippen molar-refractivity contribution in [2.24, 2.45) is 5.41 Å². The molecule has 82 valence electrons. The maximum Gasteiger partial charge on any atom is 0.0544 e. The Hall–Kier alpha value is -0.410. The molecule has 0 aliphatic carbocycles. The van der Waals surface area contributed by atoms with Gasteiger partial charge in [0.2, 0.25) is 0 Å². The molecule has 15 heavy (non-hydrogen) atoms. The zero-order valence-corrected chi connectivity index (χ0v) is 10.9. The topological polar surface area (TPSA) is 16.1 Å². The van der Waals surface area contributed by atoms with Gasteiger partial charge in [-0.15, -0.1) is 0 Å². The molecule has 0 amide bonds. The molecule has 2 nitrogen and oxygen atoms in total. The molecule has 1 aliphatic rings. The SMILES string of the molecule is CCC1(C)CN(Cc2ccc(Br)cn2)C1. The lowest BCUT2D eigenvalue weighted by Crippen LogP contribution is -2.53. The van der Waals surface area contributed by atoms with E-state index in [0.29, 0.717) is 5.41 Å². The highest BCUT2D eigenvalue weighted by Gasteiger charge is 2.36. The van der Waals surface area contributed by atoms with Gasteiger partial charge in [0.1, 0.15) is 0 Å². The number of rotatable bonds is 3. The summed E-state index contributed by atoms with van der Waals surface area (Å²) >= 11 is 3.40. The summed E-state index contributed by atoms with van der Waals surface area (Å²) in [5, 5.41) is 0. The van der Waals surface area contributed by atoms with Crippen molar-refractivity contribution >= 4 is 15.9 Å². The molecule has 0 radical (unpaired) electrons. The fourth-order valence-corrected chi connectivity index (χ4v) is 2.33. The Bertz CT molecular complexity index is 328. The van der Waals surface area contributed by atoms with Crippen LogP contribution in [0.3, 0.4) is 0 Å². The van der Waals surface area contributed by atoms with Crippen molar-refractivity contribution in [1.82, 2.24) is 9.88 Å². The Morgan fingerprint density at radius 1 is 1.47 bits per heavy atom. The second kappa shape index (κ2) is 4.22. The van der Waals surface area contributed by atoms with Crippen molar-refractivity contribution in [3.05, 3.63) is 28.5 Å². The van der Waals surface area contributed by atoms with Gasteiger partial charge in [-0.3, -0.25) is 9.88 Å². The lowest BCUT2D eigenvalue weighted by atomic mass is 9.79. The second-order valence-electron chi connectivity index (χ2n) is 4.78. The van der Waals surface area contributed by atoms with E-state index in [1.807, 2.05) is 6.20 Å². The lowest BCUT2D eigenvalue weighted by molar-refractivity contribution is 0.00532. The van der Waals surface area contributed by atoms with Crippen molar-refractivity contribution in [2.75, 3.05) is 13.1 Å². The van der Waals surface area contributed by atoms with Crippen LogP contribution in [0, 0.1) is 5.41 Å². The molecule has 1 aromatic rings. The fraction of sp³-hybridized carbons (Fsp3) is 0.583. The first kappa shape index (κ1) is 11.1. The Labute approximate surface area is 99.8 Å². The third-order valence-electron chi connectivity index (χ3n) is 3.24. The lowest BCUT2D eigenvalue weighted by Gasteiger charge is -2.47. The summed E-state index contributed by atoms with van der Waals surface area (Å²) in [6, 6.07) is 4.15. The Morgan fingerprint density at radius 2 is 2.20 bits per heavy atom. The average molecular weight is 269 g/mol. The summed E-state index contributed by atoms with van der Waals surface area (Å²) in [5.41, 5.74) is 1.71. The number of likely N-dealkylation sites (tertiary alicyclic amines) is 1. The summed E-state index contributed by atoms with van der Waals surface area (Å²) in [7, 11) is 0. The number of hydrogen-bond donors (Lipinski definition) is 0. The zero-order valence-electron chi connectivity index (χ0n) is 9.33. The second-order valence-corrected chi connectivity index (χ2v) is 5.69. The van der Waals surface area contributed by atoms with Crippen LogP contribution in [-0.2, 0) is 6.54 Å². The highest BCUT2D eigenvalue weighted by molar-refractivity contribution is 9.10. The molecule has 0 spiro atoms. The van der Waals surface area contributed by atoms with Gasteiger partial charge in [0.05, 0.1) is 5.69 Å². The molecule has 0 N–H and O–H groups in total. The van der Waals surface area contributed by atoms with E-state index in [4.69, 9.17) is 0 Å². The van der Waals surface area contributed by atoms with Crippen molar-refractivity contribution < 1.29 is 0 Å². The van der Waals surface area contributed by atoms with Crippen molar-refractivity contribution in [3.8, 4) is 0 Å². The third kappa shape index (κ3) is 2.58. The highest BCUT2D eigenvalue weighted by Crippen LogP contribution is 2.33. The number of nitrogens with zero attached hydrogens (tertiary/aromatic N) is 2. The minimum absolute atomic E-state index is 0.551. The molecule has 1 aliphatic heterocycles. The van der Waals surface area contributed by atoms with Crippen LogP contribution in [0.15, 0.2) is 22.8 Å². The molecule has 0 atom stereocenters. The first-order valence-electron chi connectivity index (χ1n) is 5.44. The van der Waals surface area contributed by atoms with E-state index in [9.17, 15) is 0 Å². The number of pyridine rings is 1. The summed E-state index contributed by atoms with van der Waals surface area (Å²) < 4.78 is 1.05. The minimum atomic E-state index is 0.551. The largest absolute Gasteiger partial charge is 0.296 e.